The highest BCUT2D eigenvalue weighted by Gasteiger charge is 2.54. The number of ketones is 2. The maximum Gasteiger partial charge on any atom is 0.220 e. The lowest BCUT2D eigenvalue weighted by Gasteiger charge is -2.28. The van der Waals surface area contributed by atoms with Crippen LogP contribution in [0.15, 0.2) is 72.8 Å². The van der Waals surface area contributed by atoms with Gasteiger partial charge in [0.1, 0.15) is 11.5 Å². The summed E-state index contributed by atoms with van der Waals surface area (Å²) in [6, 6.07) is 21.1. The van der Waals surface area contributed by atoms with E-state index >= 15 is 0 Å². The van der Waals surface area contributed by atoms with Gasteiger partial charge in [-0.15, -0.1) is 0 Å². The first kappa shape index (κ1) is 23.7. The number of carbonyl (C=O) groups is 2. The molecule has 0 atom stereocenters. The third-order valence-corrected chi connectivity index (χ3v) is 6.33. The normalized spacial score (nSPS) is 14.2. The zero-order valence-corrected chi connectivity index (χ0v) is 19.8. The Kier molecular flexibility index (Phi) is 7.13. The van der Waals surface area contributed by atoms with E-state index in [4.69, 9.17) is 4.74 Å². The number of benzene rings is 3. The molecule has 34 heavy (non-hydrogen) atoms. The van der Waals surface area contributed by atoms with Gasteiger partial charge in [-0.1, -0.05) is 69.2 Å². The fourth-order valence-corrected chi connectivity index (χ4v) is 4.39. The maximum absolute atomic E-state index is 13.3. The van der Waals surface area contributed by atoms with Gasteiger partial charge in [-0.25, -0.2) is 0 Å². The summed E-state index contributed by atoms with van der Waals surface area (Å²) in [6.45, 7) is 6.12. The number of para-hydroxylation sites is 1. The van der Waals surface area contributed by atoms with E-state index < -0.39 is 17.2 Å². The van der Waals surface area contributed by atoms with Crippen molar-refractivity contribution in [1.82, 2.24) is 0 Å². The van der Waals surface area contributed by atoms with Crippen molar-refractivity contribution >= 4 is 17.3 Å². The van der Waals surface area contributed by atoms with Crippen molar-refractivity contribution in [1.29, 1.82) is 0 Å². The van der Waals surface area contributed by atoms with Crippen LogP contribution in [0.4, 0.5) is 5.69 Å². The van der Waals surface area contributed by atoms with Gasteiger partial charge >= 0.3 is 0 Å². The molecule has 5 nitrogen and oxygen atoms in total. The van der Waals surface area contributed by atoms with Crippen molar-refractivity contribution in [3.63, 3.8) is 0 Å². The molecule has 0 aliphatic heterocycles. The summed E-state index contributed by atoms with van der Waals surface area (Å²) >= 11 is 0. The molecule has 0 spiro atoms. The molecule has 1 N–H and O–H groups in total. The van der Waals surface area contributed by atoms with Crippen molar-refractivity contribution < 1.29 is 19.4 Å². The van der Waals surface area contributed by atoms with Crippen LogP contribution in [0.3, 0.4) is 0 Å². The molecule has 0 unspecified atom stereocenters. The predicted molar refractivity (Wildman–Crippen MR) is 134 cm³/mol. The van der Waals surface area contributed by atoms with Crippen molar-refractivity contribution in [2.75, 3.05) is 18.0 Å². The highest BCUT2D eigenvalue weighted by molar-refractivity contribution is 6.32. The number of carbonyl (C=O) groups excluding carboxylic acids is 2. The molecule has 0 radical (unpaired) electrons. The monoisotopic (exact) mass is 457 g/mol. The average Bonchev–Trinajstić information content (AvgIpc) is 3.06. The second-order valence-corrected chi connectivity index (χ2v) is 8.70. The lowest BCUT2D eigenvalue weighted by molar-refractivity contribution is 0.0314. The van der Waals surface area contributed by atoms with Gasteiger partial charge in [0, 0.05) is 41.5 Å². The van der Waals surface area contributed by atoms with Crippen molar-refractivity contribution in [3.8, 4) is 11.5 Å². The lowest BCUT2D eigenvalue weighted by atomic mass is 9.87. The zero-order valence-electron chi connectivity index (χ0n) is 19.8. The number of unbranched alkanes of at least 4 members (excludes halogenated alkanes) is 2. The van der Waals surface area contributed by atoms with Gasteiger partial charge in [0.25, 0.3) is 0 Å². The van der Waals surface area contributed by atoms with Crippen LogP contribution in [0.2, 0.25) is 0 Å². The first-order chi connectivity index (χ1) is 16.5. The minimum atomic E-state index is -2.32. The molecule has 0 aromatic heterocycles. The molecule has 4 rings (SSSR count). The fourth-order valence-electron chi connectivity index (χ4n) is 4.39. The summed E-state index contributed by atoms with van der Waals surface area (Å²) in [4.78, 5) is 28.9. The van der Waals surface area contributed by atoms with Crippen molar-refractivity contribution in [2.24, 2.45) is 0 Å². The van der Waals surface area contributed by atoms with Gasteiger partial charge in [0.2, 0.25) is 17.2 Å². The van der Waals surface area contributed by atoms with Crippen LogP contribution in [0.25, 0.3) is 0 Å². The third-order valence-electron chi connectivity index (χ3n) is 6.33. The molecule has 3 aromatic rings. The summed E-state index contributed by atoms with van der Waals surface area (Å²) in [5, 5.41) is 11.6. The Bertz CT molecular complexity index is 1130. The predicted octanol–water partition coefficient (Wildman–Crippen LogP) is 6.15. The van der Waals surface area contributed by atoms with Crippen LogP contribution < -0.4 is 9.64 Å². The molecule has 1 aliphatic carbocycles. The number of Topliss-reactive ketones (excluding diaryl/α,β-unsaturated/α-hetero) is 2. The summed E-state index contributed by atoms with van der Waals surface area (Å²) in [5.41, 5.74) is -0.744. The van der Waals surface area contributed by atoms with E-state index in [0.29, 0.717) is 11.5 Å². The zero-order chi connectivity index (χ0) is 24.1. The summed E-state index contributed by atoms with van der Waals surface area (Å²) in [5.74, 6) is -0.368. The van der Waals surface area contributed by atoms with E-state index in [-0.39, 0.29) is 16.7 Å². The molecule has 3 aromatic carbocycles. The number of fused-ring (bicyclic) bond motifs is 1. The number of hydrogen-bond donors (Lipinski definition) is 1. The van der Waals surface area contributed by atoms with Gasteiger partial charge in [-0.05, 0) is 37.1 Å². The molecule has 1 aliphatic rings. The Morgan fingerprint density at radius 3 is 1.91 bits per heavy atom. The summed E-state index contributed by atoms with van der Waals surface area (Å²) in [7, 11) is 0. The SMILES string of the molecule is CCCCN(CCCC)c1ccc(C2(O)C(=O)c3ccccc3C2=O)c(Oc2ccccc2)c1. The highest BCUT2D eigenvalue weighted by atomic mass is 16.5. The molecular weight excluding hydrogens is 426 g/mol. The van der Waals surface area contributed by atoms with Crippen LogP contribution in [0.1, 0.15) is 65.8 Å². The van der Waals surface area contributed by atoms with E-state index in [1.165, 1.54) is 0 Å². The number of hydrogen-bond acceptors (Lipinski definition) is 5. The molecular formula is C29H31NO4. The van der Waals surface area contributed by atoms with Crippen LogP contribution in [0.5, 0.6) is 11.5 Å². The quantitative estimate of drug-likeness (QED) is 0.370. The minimum Gasteiger partial charge on any atom is -0.457 e. The second kappa shape index (κ2) is 10.2. The van der Waals surface area contributed by atoms with Crippen LogP contribution in [0, 0.1) is 0 Å². The number of nitrogens with zero attached hydrogens (tertiary/aromatic N) is 1. The Morgan fingerprint density at radius 1 is 0.794 bits per heavy atom. The molecule has 0 heterocycles. The smallest absolute Gasteiger partial charge is 0.220 e. The van der Waals surface area contributed by atoms with E-state index in [0.717, 1.165) is 44.5 Å². The fraction of sp³-hybridized carbons (Fsp3) is 0.310. The van der Waals surface area contributed by atoms with Gasteiger partial charge in [0.05, 0.1) is 0 Å². The van der Waals surface area contributed by atoms with Gasteiger partial charge in [0.15, 0.2) is 0 Å². The average molecular weight is 458 g/mol. The largest absolute Gasteiger partial charge is 0.457 e. The van der Waals surface area contributed by atoms with Gasteiger partial charge in [-0.2, -0.15) is 0 Å². The number of rotatable bonds is 10. The Morgan fingerprint density at radius 2 is 1.35 bits per heavy atom. The topological polar surface area (TPSA) is 66.8 Å². The molecule has 0 fully saturated rings. The molecule has 0 saturated carbocycles. The maximum atomic E-state index is 13.3. The van der Waals surface area contributed by atoms with Gasteiger partial charge < -0.3 is 14.7 Å². The summed E-state index contributed by atoms with van der Waals surface area (Å²) < 4.78 is 6.19. The van der Waals surface area contributed by atoms with Crippen LogP contribution >= 0.6 is 0 Å². The van der Waals surface area contributed by atoms with Gasteiger partial charge in [-0.3, -0.25) is 9.59 Å². The number of anilines is 1. The molecule has 0 saturated heterocycles. The van der Waals surface area contributed by atoms with Crippen LogP contribution in [-0.4, -0.2) is 29.8 Å². The van der Waals surface area contributed by atoms with E-state index in [1.807, 2.05) is 30.3 Å². The molecule has 176 valence electrons. The molecule has 5 heteroatoms. The van der Waals surface area contributed by atoms with Crippen LogP contribution in [-0.2, 0) is 5.60 Å². The lowest BCUT2D eigenvalue weighted by Crippen LogP contribution is -2.38. The van der Waals surface area contributed by atoms with E-state index in [1.54, 1.807) is 42.5 Å². The Labute approximate surface area is 201 Å². The highest BCUT2D eigenvalue weighted by Crippen LogP contribution is 2.43. The molecule has 0 bridgehead atoms. The number of aliphatic hydroxyl groups is 1. The second-order valence-electron chi connectivity index (χ2n) is 8.70. The summed E-state index contributed by atoms with van der Waals surface area (Å²) in [6.07, 6.45) is 4.26. The van der Waals surface area contributed by atoms with Crippen molar-refractivity contribution in [2.45, 2.75) is 45.1 Å². The molecule has 0 amide bonds. The van der Waals surface area contributed by atoms with E-state index in [2.05, 4.69) is 18.7 Å². The number of ether oxygens (including phenoxy) is 1. The van der Waals surface area contributed by atoms with E-state index in [9.17, 15) is 14.7 Å². The minimum absolute atomic E-state index is 0.164. The Balaban J connectivity index is 1.81. The van der Waals surface area contributed by atoms with Crippen molar-refractivity contribution in [3.05, 3.63) is 89.5 Å². The first-order valence-corrected chi connectivity index (χ1v) is 12.0. The Hall–Kier alpha value is -3.44. The third kappa shape index (κ3) is 4.36. The standard InChI is InChI=1S/C29H31NO4/c1-3-5-18-30(19-6-4-2)21-16-17-25(26(20-21)34-22-12-8-7-9-13-22)29(33)27(31)23-14-10-11-15-24(23)28(29)32/h7-17,20,33H,3-6,18-19H2,1-2H3. The first-order valence-electron chi connectivity index (χ1n) is 12.0.